The molecule has 0 aliphatic heterocycles. The molecule has 0 aliphatic carbocycles. The van der Waals surface area contributed by atoms with Gasteiger partial charge < -0.3 is 19.4 Å². The Balaban J connectivity index is 1.59. The zero-order chi connectivity index (χ0) is 22.2. The largest absolute Gasteiger partial charge is 0.492 e. The summed E-state index contributed by atoms with van der Waals surface area (Å²) >= 11 is 7.05. The van der Waals surface area contributed by atoms with E-state index in [1.54, 1.807) is 12.1 Å². The number of anilines is 1. The average molecular weight is 465 g/mol. The predicted octanol–water partition coefficient (Wildman–Crippen LogP) is 4.80. The van der Waals surface area contributed by atoms with Crippen molar-refractivity contribution in [2.24, 2.45) is 0 Å². The van der Waals surface area contributed by atoms with Gasteiger partial charge in [-0.15, -0.1) is 10.2 Å². The minimum atomic E-state index is -0.508. The van der Waals surface area contributed by atoms with E-state index in [1.165, 1.54) is 30.0 Å². The number of ether oxygens (including phenoxy) is 2. The maximum absolute atomic E-state index is 13.3. The van der Waals surface area contributed by atoms with E-state index in [1.807, 2.05) is 30.5 Å². The molecule has 2 aromatic carbocycles. The van der Waals surface area contributed by atoms with E-state index in [-0.39, 0.29) is 23.3 Å². The molecule has 3 aromatic rings. The smallest absolute Gasteiger partial charge is 0.234 e. The van der Waals surface area contributed by atoms with Crippen LogP contribution in [-0.4, -0.2) is 33.0 Å². The van der Waals surface area contributed by atoms with Crippen LogP contribution < -0.4 is 14.8 Å². The van der Waals surface area contributed by atoms with Gasteiger partial charge >= 0.3 is 0 Å². The quantitative estimate of drug-likeness (QED) is 0.434. The molecule has 0 saturated carbocycles. The first-order chi connectivity index (χ1) is 15.0. The summed E-state index contributed by atoms with van der Waals surface area (Å²) in [5, 5.41) is 11.8. The zero-order valence-corrected chi connectivity index (χ0v) is 18.7. The van der Waals surface area contributed by atoms with Crippen LogP contribution in [0, 0.1) is 5.82 Å². The summed E-state index contributed by atoms with van der Waals surface area (Å²) < 4.78 is 26.3. The SMILES string of the molecule is CCOc1ccccc1NC(=O)CSc1nnc(COc2ccc(F)c(Cl)c2)n1CC. The summed E-state index contributed by atoms with van der Waals surface area (Å²) in [6.07, 6.45) is 0. The van der Waals surface area contributed by atoms with E-state index in [2.05, 4.69) is 15.5 Å². The first kappa shape index (κ1) is 22.9. The highest BCUT2D eigenvalue weighted by Gasteiger charge is 2.15. The number of nitrogens with one attached hydrogen (secondary N) is 1. The standard InChI is InChI=1S/C21H22ClFN4O3S/c1-3-27-19(12-30-14-9-10-16(23)15(22)11-14)25-26-21(27)31-13-20(28)24-17-7-5-6-8-18(17)29-4-2/h5-11H,3-4,12-13H2,1-2H3,(H,24,28). The highest BCUT2D eigenvalue weighted by molar-refractivity contribution is 7.99. The number of hydrogen-bond acceptors (Lipinski definition) is 6. The van der Waals surface area contributed by atoms with Crippen LogP contribution in [0.15, 0.2) is 47.6 Å². The van der Waals surface area contributed by atoms with Crippen LogP contribution in [0.4, 0.5) is 10.1 Å². The van der Waals surface area contributed by atoms with Crippen LogP contribution in [-0.2, 0) is 17.9 Å². The van der Waals surface area contributed by atoms with E-state index in [4.69, 9.17) is 21.1 Å². The van der Waals surface area contributed by atoms with E-state index >= 15 is 0 Å². The Morgan fingerprint density at radius 1 is 1.19 bits per heavy atom. The van der Waals surface area contributed by atoms with Crippen molar-refractivity contribution in [1.29, 1.82) is 0 Å². The van der Waals surface area contributed by atoms with Gasteiger partial charge in [-0.25, -0.2) is 4.39 Å². The number of benzene rings is 2. The van der Waals surface area contributed by atoms with Crippen LogP contribution in [0.25, 0.3) is 0 Å². The summed E-state index contributed by atoms with van der Waals surface area (Å²) in [6.45, 7) is 5.09. The first-order valence-electron chi connectivity index (χ1n) is 9.66. The molecule has 0 bridgehead atoms. The van der Waals surface area contributed by atoms with Gasteiger partial charge in [-0.2, -0.15) is 0 Å². The fraction of sp³-hybridized carbons (Fsp3) is 0.286. The van der Waals surface area contributed by atoms with Gasteiger partial charge in [-0.1, -0.05) is 35.5 Å². The summed E-state index contributed by atoms with van der Waals surface area (Å²) in [7, 11) is 0. The summed E-state index contributed by atoms with van der Waals surface area (Å²) in [5.74, 6) is 1.12. The van der Waals surface area contributed by atoms with Crippen molar-refractivity contribution < 1.29 is 18.7 Å². The lowest BCUT2D eigenvalue weighted by Gasteiger charge is -2.11. The van der Waals surface area contributed by atoms with Gasteiger partial charge in [0.2, 0.25) is 5.91 Å². The number of nitrogens with zero attached hydrogens (tertiary/aromatic N) is 3. The molecule has 0 radical (unpaired) electrons. The fourth-order valence-electron chi connectivity index (χ4n) is 2.73. The number of halogens is 2. The highest BCUT2D eigenvalue weighted by Crippen LogP contribution is 2.25. The molecular weight excluding hydrogens is 443 g/mol. The third-order valence-corrected chi connectivity index (χ3v) is 5.42. The van der Waals surface area contributed by atoms with E-state index in [0.29, 0.717) is 41.3 Å². The molecular formula is C21H22ClFN4O3S. The first-order valence-corrected chi connectivity index (χ1v) is 11.0. The molecule has 0 atom stereocenters. The van der Waals surface area contributed by atoms with Gasteiger partial charge in [0, 0.05) is 12.6 Å². The molecule has 1 heterocycles. The fourth-order valence-corrected chi connectivity index (χ4v) is 3.72. The Morgan fingerprint density at radius 2 is 2.00 bits per heavy atom. The van der Waals surface area contributed by atoms with Gasteiger partial charge in [0.05, 0.1) is 23.1 Å². The van der Waals surface area contributed by atoms with Crippen molar-refractivity contribution in [3.05, 3.63) is 59.1 Å². The van der Waals surface area contributed by atoms with Crippen molar-refractivity contribution >= 4 is 35.0 Å². The van der Waals surface area contributed by atoms with Crippen molar-refractivity contribution in [1.82, 2.24) is 14.8 Å². The molecule has 7 nitrogen and oxygen atoms in total. The number of para-hydroxylation sites is 2. The Labute approximate surface area is 188 Å². The second-order valence-corrected chi connectivity index (χ2v) is 7.62. The number of thioether (sulfide) groups is 1. The average Bonchev–Trinajstić information content (AvgIpc) is 3.16. The third-order valence-electron chi connectivity index (χ3n) is 4.16. The van der Waals surface area contributed by atoms with Crippen LogP contribution in [0.2, 0.25) is 5.02 Å². The highest BCUT2D eigenvalue weighted by atomic mass is 35.5. The lowest BCUT2D eigenvalue weighted by atomic mass is 10.3. The summed E-state index contributed by atoms with van der Waals surface area (Å²) in [6, 6.07) is 11.4. The minimum Gasteiger partial charge on any atom is -0.492 e. The molecule has 1 N–H and O–H groups in total. The van der Waals surface area contributed by atoms with Gasteiger partial charge in [-0.05, 0) is 38.1 Å². The van der Waals surface area contributed by atoms with Gasteiger partial charge in [-0.3, -0.25) is 4.79 Å². The van der Waals surface area contributed by atoms with E-state index in [9.17, 15) is 9.18 Å². The number of carbonyl (C=O) groups is 1. The van der Waals surface area contributed by atoms with Gasteiger partial charge in [0.25, 0.3) is 0 Å². The van der Waals surface area contributed by atoms with Gasteiger partial charge in [0.1, 0.15) is 23.9 Å². The Morgan fingerprint density at radius 3 is 2.74 bits per heavy atom. The number of amides is 1. The molecule has 10 heteroatoms. The number of aromatic nitrogens is 3. The number of carbonyl (C=O) groups excluding carboxylic acids is 1. The second-order valence-electron chi connectivity index (χ2n) is 6.27. The Kier molecular flexibility index (Phi) is 8.13. The summed E-state index contributed by atoms with van der Waals surface area (Å²) in [4.78, 5) is 12.4. The van der Waals surface area contributed by atoms with Crippen LogP contribution >= 0.6 is 23.4 Å². The van der Waals surface area contributed by atoms with Crippen molar-refractivity contribution in [2.45, 2.75) is 32.2 Å². The molecule has 3 rings (SSSR count). The Bertz CT molecular complexity index is 1050. The normalized spacial score (nSPS) is 10.7. The molecule has 1 aromatic heterocycles. The third kappa shape index (κ3) is 6.11. The maximum atomic E-state index is 13.3. The second kappa shape index (κ2) is 11.0. The lowest BCUT2D eigenvalue weighted by molar-refractivity contribution is -0.113. The van der Waals surface area contributed by atoms with Crippen LogP contribution in [0.3, 0.4) is 0 Å². The molecule has 1 amide bonds. The maximum Gasteiger partial charge on any atom is 0.234 e. The van der Waals surface area contributed by atoms with E-state index < -0.39 is 5.82 Å². The Hall–Kier alpha value is -2.78. The van der Waals surface area contributed by atoms with Crippen molar-refractivity contribution in [3.8, 4) is 11.5 Å². The predicted molar refractivity (Wildman–Crippen MR) is 118 cm³/mol. The minimum absolute atomic E-state index is 0.0115. The molecule has 0 unspecified atom stereocenters. The molecule has 164 valence electrons. The monoisotopic (exact) mass is 464 g/mol. The molecule has 0 fully saturated rings. The molecule has 0 aliphatic rings. The van der Waals surface area contributed by atoms with Crippen molar-refractivity contribution in [3.63, 3.8) is 0 Å². The van der Waals surface area contributed by atoms with Crippen molar-refractivity contribution in [2.75, 3.05) is 17.7 Å². The molecule has 0 spiro atoms. The summed E-state index contributed by atoms with van der Waals surface area (Å²) in [5.41, 5.74) is 0.624. The topological polar surface area (TPSA) is 78.3 Å². The number of hydrogen-bond donors (Lipinski definition) is 1. The van der Waals surface area contributed by atoms with Crippen LogP contribution in [0.1, 0.15) is 19.7 Å². The molecule has 0 saturated heterocycles. The zero-order valence-electron chi connectivity index (χ0n) is 17.1. The lowest BCUT2D eigenvalue weighted by Crippen LogP contribution is -2.15. The molecule has 31 heavy (non-hydrogen) atoms. The number of rotatable bonds is 10. The van der Waals surface area contributed by atoms with Gasteiger partial charge in [0.15, 0.2) is 11.0 Å². The van der Waals surface area contributed by atoms with Crippen LogP contribution in [0.5, 0.6) is 11.5 Å². The van der Waals surface area contributed by atoms with E-state index in [0.717, 1.165) is 0 Å².